The predicted molar refractivity (Wildman–Crippen MR) is 127 cm³/mol. The van der Waals surface area contributed by atoms with Gasteiger partial charge in [-0.2, -0.15) is 0 Å². The molecule has 168 valence electrons. The Morgan fingerprint density at radius 2 is 1.91 bits per heavy atom. The van der Waals surface area contributed by atoms with Gasteiger partial charge >= 0.3 is 0 Å². The van der Waals surface area contributed by atoms with Crippen molar-refractivity contribution in [2.75, 3.05) is 31.1 Å². The number of aromatic nitrogens is 4. The molecule has 8 nitrogen and oxygen atoms in total. The summed E-state index contributed by atoms with van der Waals surface area (Å²) in [5.41, 5.74) is 4.11. The Kier molecular flexibility index (Phi) is 5.75. The molecule has 1 aliphatic heterocycles. The molecule has 0 radical (unpaired) electrons. The van der Waals surface area contributed by atoms with Crippen molar-refractivity contribution in [1.82, 2.24) is 25.3 Å². The molecule has 0 unspecified atom stereocenters. The lowest BCUT2D eigenvalue weighted by atomic mass is 9.78. The van der Waals surface area contributed by atoms with Gasteiger partial charge in [0.15, 0.2) is 11.5 Å². The van der Waals surface area contributed by atoms with E-state index in [1.807, 2.05) is 30.3 Å². The van der Waals surface area contributed by atoms with Gasteiger partial charge < -0.3 is 20.3 Å². The Labute approximate surface area is 191 Å². The zero-order valence-corrected chi connectivity index (χ0v) is 18.2. The molecule has 33 heavy (non-hydrogen) atoms. The number of rotatable bonds is 7. The van der Waals surface area contributed by atoms with Gasteiger partial charge in [0.2, 0.25) is 5.91 Å². The second-order valence-electron chi connectivity index (χ2n) is 8.43. The van der Waals surface area contributed by atoms with E-state index in [1.54, 1.807) is 6.33 Å². The van der Waals surface area contributed by atoms with Gasteiger partial charge in [-0.3, -0.25) is 4.79 Å². The first-order valence-electron chi connectivity index (χ1n) is 11.1. The van der Waals surface area contributed by atoms with Gasteiger partial charge in [0.05, 0.1) is 18.3 Å². The number of amides is 1. The average molecular weight is 443 g/mol. The van der Waals surface area contributed by atoms with E-state index in [-0.39, 0.29) is 19.1 Å². The van der Waals surface area contributed by atoms with Crippen molar-refractivity contribution in [1.29, 1.82) is 0 Å². The topological polar surface area (TPSA) is 107 Å². The number of carbonyl (C=O) groups excluding carboxylic acids is 1. The quantitative estimate of drug-likeness (QED) is 0.406. The van der Waals surface area contributed by atoms with E-state index in [0.29, 0.717) is 31.6 Å². The Bertz CT molecular complexity index is 1260. The number of benzene rings is 2. The Morgan fingerprint density at radius 1 is 1.09 bits per heavy atom. The third-order valence-electron chi connectivity index (χ3n) is 6.37. The fourth-order valence-electron chi connectivity index (χ4n) is 4.75. The highest BCUT2D eigenvalue weighted by molar-refractivity contribution is 5.87. The number of hydrogen-bond acceptors (Lipinski definition) is 6. The maximum absolute atomic E-state index is 13.5. The summed E-state index contributed by atoms with van der Waals surface area (Å²) in [6, 6.07) is 18.5. The van der Waals surface area contributed by atoms with Gasteiger partial charge in [-0.1, -0.05) is 54.6 Å². The Balaban J connectivity index is 1.50. The summed E-state index contributed by atoms with van der Waals surface area (Å²) in [5.74, 6) is 0.711. The minimum atomic E-state index is -0.655. The molecule has 0 spiro atoms. The van der Waals surface area contributed by atoms with E-state index in [1.165, 1.54) is 6.33 Å². The predicted octanol–water partition coefficient (Wildman–Crippen LogP) is 2.57. The summed E-state index contributed by atoms with van der Waals surface area (Å²) in [7, 11) is 0. The SMILES string of the molecule is O=C(NCCO)[C@]1(Cc2ccccc2-c2ccccc2)CCN(c2ncnc3nc[nH]c23)C1. The van der Waals surface area contributed by atoms with Crippen LogP contribution in [0.25, 0.3) is 22.3 Å². The largest absolute Gasteiger partial charge is 0.395 e. The molecule has 2 aromatic carbocycles. The first kappa shape index (κ1) is 21.1. The molecule has 1 fully saturated rings. The molecular weight excluding hydrogens is 416 g/mol. The third-order valence-corrected chi connectivity index (χ3v) is 6.37. The number of carbonyl (C=O) groups is 1. The summed E-state index contributed by atoms with van der Waals surface area (Å²) in [5, 5.41) is 12.2. The number of aromatic amines is 1. The average Bonchev–Trinajstić information content (AvgIpc) is 3.51. The monoisotopic (exact) mass is 442 g/mol. The van der Waals surface area contributed by atoms with Crippen molar-refractivity contribution in [2.24, 2.45) is 5.41 Å². The summed E-state index contributed by atoms with van der Waals surface area (Å²) >= 11 is 0. The van der Waals surface area contributed by atoms with Crippen LogP contribution in [0.2, 0.25) is 0 Å². The van der Waals surface area contributed by atoms with Crippen molar-refractivity contribution in [2.45, 2.75) is 12.8 Å². The molecular formula is C25H26N6O2. The number of anilines is 1. The summed E-state index contributed by atoms with van der Waals surface area (Å²) < 4.78 is 0. The van der Waals surface area contributed by atoms with Gasteiger partial charge in [0.1, 0.15) is 11.8 Å². The minimum Gasteiger partial charge on any atom is -0.395 e. The molecule has 1 atom stereocenters. The van der Waals surface area contributed by atoms with Crippen LogP contribution < -0.4 is 10.2 Å². The standard InChI is InChI=1S/C25H26N6O2/c32-13-11-26-24(33)25(14-19-8-4-5-9-20(19)18-6-2-1-3-7-18)10-12-31(15-25)23-21-22(28-16-27-21)29-17-30-23/h1-9,16-17,32H,10-15H2,(H,26,33)(H,27,28,29,30)/t25-/m0/s1. The molecule has 0 bridgehead atoms. The van der Waals surface area contributed by atoms with Crippen LogP contribution in [0.5, 0.6) is 0 Å². The molecule has 4 aromatic rings. The molecule has 0 aliphatic carbocycles. The number of nitrogens with zero attached hydrogens (tertiary/aromatic N) is 4. The Hall–Kier alpha value is -3.78. The Morgan fingerprint density at radius 3 is 2.76 bits per heavy atom. The number of H-pyrrole nitrogens is 1. The molecule has 8 heteroatoms. The number of aliphatic hydroxyl groups excluding tert-OH is 1. The van der Waals surface area contributed by atoms with Gasteiger partial charge in [-0.25, -0.2) is 15.0 Å². The normalized spacial score (nSPS) is 18.0. The zero-order chi connectivity index (χ0) is 22.7. The van der Waals surface area contributed by atoms with Crippen LogP contribution in [-0.2, 0) is 11.2 Å². The second-order valence-corrected chi connectivity index (χ2v) is 8.43. The van der Waals surface area contributed by atoms with Crippen LogP contribution in [0.15, 0.2) is 67.3 Å². The van der Waals surface area contributed by atoms with Gasteiger partial charge in [0, 0.05) is 19.6 Å². The van der Waals surface area contributed by atoms with E-state index in [0.717, 1.165) is 28.0 Å². The molecule has 0 saturated carbocycles. The summed E-state index contributed by atoms with van der Waals surface area (Å²) in [6.07, 6.45) is 4.38. The van der Waals surface area contributed by atoms with Crippen molar-refractivity contribution in [3.63, 3.8) is 0 Å². The fraction of sp³-hybridized carbons (Fsp3) is 0.280. The van der Waals surface area contributed by atoms with Gasteiger partial charge in [0.25, 0.3) is 0 Å². The van der Waals surface area contributed by atoms with Crippen LogP contribution in [0, 0.1) is 5.41 Å². The molecule has 1 aliphatic rings. The van der Waals surface area contributed by atoms with E-state index < -0.39 is 5.41 Å². The summed E-state index contributed by atoms with van der Waals surface area (Å²) in [4.78, 5) is 31.7. The highest BCUT2D eigenvalue weighted by atomic mass is 16.3. The molecule has 3 N–H and O–H groups in total. The summed E-state index contributed by atoms with van der Waals surface area (Å²) in [6.45, 7) is 1.34. The smallest absolute Gasteiger partial charge is 0.228 e. The minimum absolute atomic E-state index is 0.0446. The number of hydrogen-bond donors (Lipinski definition) is 3. The molecule has 1 amide bonds. The molecule has 2 aromatic heterocycles. The maximum Gasteiger partial charge on any atom is 0.228 e. The van der Waals surface area contributed by atoms with E-state index in [4.69, 9.17) is 0 Å². The number of imidazole rings is 1. The third kappa shape index (κ3) is 4.05. The van der Waals surface area contributed by atoms with E-state index in [9.17, 15) is 9.90 Å². The number of fused-ring (bicyclic) bond motifs is 1. The lowest BCUT2D eigenvalue weighted by molar-refractivity contribution is -0.130. The zero-order valence-electron chi connectivity index (χ0n) is 18.2. The lowest BCUT2D eigenvalue weighted by Gasteiger charge is -2.29. The van der Waals surface area contributed by atoms with E-state index >= 15 is 0 Å². The van der Waals surface area contributed by atoms with Crippen LogP contribution in [0.3, 0.4) is 0 Å². The van der Waals surface area contributed by atoms with E-state index in [2.05, 4.69) is 54.4 Å². The highest BCUT2D eigenvalue weighted by Crippen LogP contribution is 2.39. The first-order chi connectivity index (χ1) is 16.2. The van der Waals surface area contributed by atoms with Crippen LogP contribution in [0.4, 0.5) is 5.82 Å². The van der Waals surface area contributed by atoms with Crippen molar-refractivity contribution in [3.8, 4) is 11.1 Å². The van der Waals surface area contributed by atoms with Crippen molar-refractivity contribution in [3.05, 3.63) is 72.8 Å². The lowest BCUT2D eigenvalue weighted by Crippen LogP contribution is -2.45. The van der Waals surface area contributed by atoms with Crippen LogP contribution in [-0.4, -0.2) is 57.2 Å². The fourth-order valence-corrected chi connectivity index (χ4v) is 4.75. The highest BCUT2D eigenvalue weighted by Gasteiger charge is 2.45. The second kappa shape index (κ2) is 8.99. The first-order valence-corrected chi connectivity index (χ1v) is 11.1. The number of nitrogens with one attached hydrogen (secondary N) is 2. The molecule has 5 rings (SSSR count). The van der Waals surface area contributed by atoms with Gasteiger partial charge in [-0.05, 0) is 29.5 Å². The van der Waals surface area contributed by atoms with Gasteiger partial charge in [-0.15, -0.1) is 0 Å². The van der Waals surface area contributed by atoms with Crippen molar-refractivity contribution < 1.29 is 9.90 Å². The van der Waals surface area contributed by atoms with Crippen LogP contribution in [0.1, 0.15) is 12.0 Å². The number of aliphatic hydroxyl groups is 1. The van der Waals surface area contributed by atoms with Crippen molar-refractivity contribution >= 4 is 22.9 Å². The van der Waals surface area contributed by atoms with Crippen LogP contribution >= 0.6 is 0 Å². The molecule has 3 heterocycles. The maximum atomic E-state index is 13.5. The molecule has 1 saturated heterocycles.